The zero-order valence-corrected chi connectivity index (χ0v) is 12.4. The van der Waals surface area contributed by atoms with Gasteiger partial charge in [-0.1, -0.05) is 36.4 Å². The van der Waals surface area contributed by atoms with Crippen molar-refractivity contribution in [3.05, 3.63) is 71.3 Å². The van der Waals surface area contributed by atoms with Crippen LogP contribution >= 0.6 is 0 Å². The number of hydrogen-bond donors (Lipinski definition) is 2. The highest BCUT2D eigenvalue weighted by Gasteiger charge is 2.03. The van der Waals surface area contributed by atoms with Crippen molar-refractivity contribution in [3.8, 4) is 5.75 Å². The Morgan fingerprint density at radius 2 is 1.62 bits per heavy atom. The number of fused-ring (bicyclic) bond motifs is 1. The van der Waals surface area contributed by atoms with Gasteiger partial charge in [0.15, 0.2) is 0 Å². The minimum absolute atomic E-state index is 0.351. The van der Waals surface area contributed by atoms with Crippen LogP contribution in [0.25, 0.3) is 10.8 Å². The van der Waals surface area contributed by atoms with Crippen LogP contribution in [0.3, 0.4) is 0 Å². The lowest BCUT2D eigenvalue weighted by Crippen LogP contribution is -2.01. The number of phenolic OH excluding ortho intramolecular Hbond substituents is 1. The molecule has 0 radical (unpaired) electrons. The van der Waals surface area contributed by atoms with Crippen LogP contribution in [0.2, 0.25) is 0 Å². The summed E-state index contributed by atoms with van der Waals surface area (Å²) >= 11 is 0. The second kappa shape index (κ2) is 5.49. The minimum Gasteiger partial charge on any atom is -0.508 e. The Kier molecular flexibility index (Phi) is 3.53. The fourth-order valence-corrected chi connectivity index (χ4v) is 2.54. The van der Waals surface area contributed by atoms with E-state index < -0.39 is 0 Å². The third kappa shape index (κ3) is 2.84. The molecule has 0 saturated heterocycles. The van der Waals surface area contributed by atoms with Crippen LogP contribution in [0.4, 0.5) is 5.69 Å². The maximum atomic E-state index is 9.70. The Hall–Kier alpha value is -2.48. The van der Waals surface area contributed by atoms with Gasteiger partial charge in [0.1, 0.15) is 5.75 Å². The molecular weight excluding hydrogens is 258 g/mol. The fraction of sp³-hybridized carbons (Fsp3) is 0.158. The summed E-state index contributed by atoms with van der Waals surface area (Å²) in [6, 6.07) is 18.7. The van der Waals surface area contributed by atoms with Crippen LogP contribution in [0.15, 0.2) is 54.6 Å². The molecule has 0 saturated carbocycles. The molecule has 0 fully saturated rings. The molecule has 2 nitrogen and oxygen atoms in total. The molecule has 106 valence electrons. The summed E-state index contributed by atoms with van der Waals surface area (Å²) in [6.45, 7) is 4.69. The van der Waals surface area contributed by atoms with Crippen molar-refractivity contribution in [2.75, 3.05) is 5.32 Å². The van der Waals surface area contributed by atoms with Crippen molar-refractivity contribution in [2.24, 2.45) is 0 Å². The van der Waals surface area contributed by atoms with E-state index in [1.165, 1.54) is 16.3 Å². The van der Waals surface area contributed by atoms with Gasteiger partial charge in [-0.25, -0.2) is 0 Å². The Labute approximate surface area is 125 Å². The number of aromatic hydroxyl groups is 1. The summed E-state index contributed by atoms with van der Waals surface area (Å²) in [4.78, 5) is 0. The highest BCUT2D eigenvalue weighted by Crippen LogP contribution is 2.25. The third-order valence-corrected chi connectivity index (χ3v) is 3.84. The van der Waals surface area contributed by atoms with Crippen molar-refractivity contribution in [1.82, 2.24) is 0 Å². The van der Waals surface area contributed by atoms with Gasteiger partial charge < -0.3 is 10.4 Å². The van der Waals surface area contributed by atoms with Gasteiger partial charge in [0.25, 0.3) is 0 Å². The van der Waals surface area contributed by atoms with Crippen LogP contribution in [0.1, 0.15) is 16.7 Å². The van der Waals surface area contributed by atoms with Crippen molar-refractivity contribution in [2.45, 2.75) is 20.4 Å². The maximum Gasteiger partial charge on any atom is 0.118 e. The van der Waals surface area contributed by atoms with Gasteiger partial charge in [0, 0.05) is 12.2 Å². The summed E-state index contributed by atoms with van der Waals surface area (Å²) in [5.41, 5.74) is 4.26. The smallest absolute Gasteiger partial charge is 0.118 e. The average molecular weight is 277 g/mol. The molecule has 0 aromatic heterocycles. The van der Waals surface area contributed by atoms with E-state index in [2.05, 4.69) is 47.8 Å². The number of hydrogen-bond acceptors (Lipinski definition) is 2. The zero-order chi connectivity index (χ0) is 14.8. The molecule has 2 heteroatoms. The summed E-state index contributed by atoms with van der Waals surface area (Å²) in [5, 5.41) is 15.7. The highest BCUT2D eigenvalue weighted by atomic mass is 16.3. The van der Waals surface area contributed by atoms with Crippen LogP contribution in [0.5, 0.6) is 5.75 Å². The fourth-order valence-electron chi connectivity index (χ4n) is 2.54. The molecule has 0 aliphatic carbocycles. The predicted molar refractivity (Wildman–Crippen MR) is 88.9 cm³/mol. The molecule has 0 bridgehead atoms. The average Bonchev–Trinajstić information content (AvgIpc) is 2.49. The van der Waals surface area contributed by atoms with Gasteiger partial charge in [0.05, 0.1) is 0 Å². The zero-order valence-electron chi connectivity index (χ0n) is 12.4. The molecule has 0 spiro atoms. The number of benzene rings is 3. The maximum absolute atomic E-state index is 9.70. The van der Waals surface area contributed by atoms with Crippen LogP contribution < -0.4 is 5.32 Å². The highest BCUT2D eigenvalue weighted by molar-refractivity contribution is 5.83. The van der Waals surface area contributed by atoms with E-state index in [9.17, 15) is 5.11 Å². The molecule has 3 aromatic carbocycles. The molecule has 0 unspecified atom stereocenters. The van der Waals surface area contributed by atoms with Crippen molar-refractivity contribution >= 4 is 16.5 Å². The molecule has 0 aliphatic rings. The second-order valence-corrected chi connectivity index (χ2v) is 5.49. The van der Waals surface area contributed by atoms with Crippen LogP contribution in [0, 0.1) is 13.8 Å². The third-order valence-electron chi connectivity index (χ3n) is 3.84. The summed E-state index contributed by atoms with van der Waals surface area (Å²) < 4.78 is 0. The van der Waals surface area contributed by atoms with E-state index in [1.54, 1.807) is 6.07 Å². The number of nitrogens with one attached hydrogen (secondary N) is 1. The lowest BCUT2D eigenvalue weighted by molar-refractivity contribution is 0.471. The number of anilines is 1. The first-order valence-corrected chi connectivity index (χ1v) is 7.15. The van der Waals surface area contributed by atoms with E-state index in [4.69, 9.17) is 0 Å². The molecule has 3 aromatic rings. The van der Waals surface area contributed by atoms with Gasteiger partial charge in [-0.05, 0) is 59.5 Å². The summed E-state index contributed by atoms with van der Waals surface area (Å²) in [6.07, 6.45) is 0. The van der Waals surface area contributed by atoms with E-state index in [0.717, 1.165) is 23.4 Å². The van der Waals surface area contributed by atoms with Gasteiger partial charge in [0.2, 0.25) is 0 Å². The number of phenols is 1. The van der Waals surface area contributed by atoms with E-state index in [-0.39, 0.29) is 0 Å². The van der Waals surface area contributed by atoms with Crippen molar-refractivity contribution in [1.29, 1.82) is 0 Å². The van der Waals surface area contributed by atoms with Crippen LogP contribution in [-0.2, 0) is 6.54 Å². The van der Waals surface area contributed by atoms with Crippen LogP contribution in [-0.4, -0.2) is 5.11 Å². The minimum atomic E-state index is 0.351. The van der Waals surface area contributed by atoms with Gasteiger partial charge in [-0.15, -0.1) is 0 Å². The second-order valence-electron chi connectivity index (χ2n) is 5.49. The van der Waals surface area contributed by atoms with Crippen molar-refractivity contribution in [3.63, 3.8) is 0 Å². The van der Waals surface area contributed by atoms with E-state index in [1.807, 2.05) is 19.9 Å². The topological polar surface area (TPSA) is 32.3 Å². The molecule has 2 N–H and O–H groups in total. The molecule has 21 heavy (non-hydrogen) atoms. The van der Waals surface area contributed by atoms with Crippen molar-refractivity contribution < 1.29 is 5.11 Å². The number of rotatable bonds is 3. The van der Waals surface area contributed by atoms with Gasteiger partial charge in [-0.3, -0.25) is 0 Å². The first kappa shape index (κ1) is 13.5. The van der Waals surface area contributed by atoms with E-state index in [0.29, 0.717) is 5.75 Å². The largest absolute Gasteiger partial charge is 0.508 e. The first-order valence-electron chi connectivity index (χ1n) is 7.15. The molecule has 0 atom stereocenters. The Morgan fingerprint density at radius 1 is 0.857 bits per heavy atom. The summed E-state index contributed by atoms with van der Waals surface area (Å²) in [7, 11) is 0. The lowest BCUT2D eigenvalue weighted by atomic mass is 10.1. The Bertz CT molecular complexity index is 793. The van der Waals surface area contributed by atoms with E-state index >= 15 is 0 Å². The first-order chi connectivity index (χ1) is 10.1. The van der Waals surface area contributed by atoms with Gasteiger partial charge in [-0.2, -0.15) is 0 Å². The molecule has 0 aliphatic heterocycles. The Morgan fingerprint density at radius 3 is 2.43 bits per heavy atom. The molecular formula is C19H19NO. The van der Waals surface area contributed by atoms with Gasteiger partial charge >= 0.3 is 0 Å². The predicted octanol–water partition coefficient (Wildman–Crippen LogP) is 4.77. The monoisotopic (exact) mass is 277 g/mol. The SMILES string of the molecule is Cc1cc(NCc2ccc3ccccc3c2)c(C)cc1O. The molecule has 3 rings (SSSR count). The molecule has 0 heterocycles. The summed E-state index contributed by atoms with van der Waals surface area (Å²) in [5.74, 6) is 0.351. The lowest BCUT2D eigenvalue weighted by Gasteiger charge is -2.12. The standard InChI is InChI=1S/C19H19NO/c1-13-10-19(21)14(2)9-18(13)20-12-15-7-8-16-5-3-4-6-17(16)11-15/h3-11,20-21H,12H2,1-2H3. The Balaban J connectivity index is 1.81. The normalized spacial score (nSPS) is 10.8. The molecule has 0 amide bonds. The quantitative estimate of drug-likeness (QED) is 0.676. The number of aryl methyl sites for hydroxylation is 2.